The molecule has 56 valence electrons. The third-order valence-corrected chi connectivity index (χ3v) is 1.84. The Balaban J connectivity index is 2.15. The summed E-state index contributed by atoms with van der Waals surface area (Å²) in [5, 5.41) is 7.11. The number of rotatable bonds is 4. The van der Waals surface area contributed by atoms with E-state index in [2.05, 4.69) is 5.32 Å². The van der Waals surface area contributed by atoms with Gasteiger partial charge in [-0.1, -0.05) is 0 Å². The standard InChI is InChI=1S/C7H10FNS/c8-3-1-4-9-7-2-5-10-6-7/h2,5-6,9H,1,3-4H2. The topological polar surface area (TPSA) is 12.0 Å². The molecule has 1 N–H and O–H groups in total. The normalized spacial score (nSPS) is 9.70. The first-order chi connectivity index (χ1) is 4.93. The molecular formula is C7H10FNS. The number of hydrogen-bond acceptors (Lipinski definition) is 2. The van der Waals surface area contributed by atoms with Gasteiger partial charge in [-0.2, -0.15) is 11.3 Å². The maximum atomic E-state index is 11.6. The Morgan fingerprint density at radius 1 is 1.60 bits per heavy atom. The van der Waals surface area contributed by atoms with Crippen molar-refractivity contribution in [1.29, 1.82) is 0 Å². The molecule has 0 spiro atoms. The van der Waals surface area contributed by atoms with Gasteiger partial charge in [0.05, 0.1) is 6.67 Å². The predicted molar refractivity (Wildman–Crippen MR) is 43.4 cm³/mol. The summed E-state index contributed by atoms with van der Waals surface area (Å²) in [7, 11) is 0. The van der Waals surface area contributed by atoms with Gasteiger partial charge in [0.15, 0.2) is 0 Å². The zero-order valence-corrected chi connectivity index (χ0v) is 6.46. The smallest absolute Gasteiger partial charge is 0.0911 e. The summed E-state index contributed by atoms with van der Waals surface area (Å²) >= 11 is 1.64. The van der Waals surface area contributed by atoms with Crippen molar-refractivity contribution in [1.82, 2.24) is 0 Å². The van der Waals surface area contributed by atoms with Crippen LogP contribution in [-0.4, -0.2) is 13.2 Å². The summed E-state index contributed by atoms with van der Waals surface area (Å²) < 4.78 is 11.6. The molecule has 0 aliphatic carbocycles. The van der Waals surface area contributed by atoms with Crippen molar-refractivity contribution >= 4 is 17.0 Å². The van der Waals surface area contributed by atoms with Crippen LogP contribution in [0.2, 0.25) is 0 Å². The molecule has 1 aromatic heterocycles. The Kier molecular flexibility index (Phi) is 3.22. The molecule has 0 saturated heterocycles. The molecular weight excluding hydrogens is 149 g/mol. The van der Waals surface area contributed by atoms with E-state index >= 15 is 0 Å². The Labute approximate surface area is 63.9 Å². The van der Waals surface area contributed by atoms with Crippen LogP contribution in [0.5, 0.6) is 0 Å². The summed E-state index contributed by atoms with van der Waals surface area (Å²) in [5.74, 6) is 0. The van der Waals surface area contributed by atoms with Gasteiger partial charge in [-0.25, -0.2) is 0 Å². The second-order valence-corrected chi connectivity index (χ2v) is 2.76. The molecule has 0 aliphatic heterocycles. The molecule has 0 unspecified atom stereocenters. The molecule has 0 saturated carbocycles. The molecule has 0 atom stereocenters. The lowest BCUT2D eigenvalue weighted by atomic mass is 10.4. The first kappa shape index (κ1) is 7.54. The fraction of sp³-hybridized carbons (Fsp3) is 0.429. The second-order valence-electron chi connectivity index (χ2n) is 1.98. The third-order valence-electron chi connectivity index (χ3n) is 1.16. The number of thiophene rings is 1. The molecule has 1 nitrogen and oxygen atoms in total. The highest BCUT2D eigenvalue weighted by Crippen LogP contribution is 2.11. The molecule has 1 rings (SSSR count). The predicted octanol–water partition coefficient (Wildman–Crippen LogP) is 2.52. The Morgan fingerprint density at radius 3 is 3.10 bits per heavy atom. The van der Waals surface area contributed by atoms with E-state index in [4.69, 9.17) is 0 Å². The van der Waals surface area contributed by atoms with Crippen LogP contribution >= 0.6 is 11.3 Å². The maximum Gasteiger partial charge on any atom is 0.0911 e. The number of anilines is 1. The van der Waals surface area contributed by atoms with Gasteiger partial charge >= 0.3 is 0 Å². The van der Waals surface area contributed by atoms with Crippen molar-refractivity contribution in [3.63, 3.8) is 0 Å². The zero-order chi connectivity index (χ0) is 7.23. The zero-order valence-electron chi connectivity index (χ0n) is 5.64. The average molecular weight is 159 g/mol. The summed E-state index contributed by atoms with van der Waals surface area (Å²) in [4.78, 5) is 0. The highest BCUT2D eigenvalue weighted by molar-refractivity contribution is 7.08. The van der Waals surface area contributed by atoms with E-state index in [1.165, 1.54) is 0 Å². The van der Waals surface area contributed by atoms with Gasteiger partial charge in [0.25, 0.3) is 0 Å². The Hall–Kier alpha value is -0.570. The fourth-order valence-corrected chi connectivity index (χ4v) is 1.28. The van der Waals surface area contributed by atoms with E-state index < -0.39 is 0 Å². The van der Waals surface area contributed by atoms with Gasteiger partial charge in [-0.15, -0.1) is 0 Å². The van der Waals surface area contributed by atoms with E-state index in [1.807, 2.05) is 16.8 Å². The summed E-state index contributed by atoms with van der Waals surface area (Å²) in [6.45, 7) is 0.490. The van der Waals surface area contributed by atoms with Crippen LogP contribution < -0.4 is 5.32 Å². The second kappa shape index (κ2) is 4.28. The molecule has 0 bridgehead atoms. The minimum absolute atomic E-state index is 0.239. The van der Waals surface area contributed by atoms with Gasteiger partial charge < -0.3 is 5.32 Å². The van der Waals surface area contributed by atoms with Gasteiger partial charge in [0.1, 0.15) is 0 Å². The van der Waals surface area contributed by atoms with E-state index in [9.17, 15) is 4.39 Å². The van der Waals surface area contributed by atoms with E-state index in [-0.39, 0.29) is 6.67 Å². The molecule has 0 amide bonds. The van der Waals surface area contributed by atoms with Crippen LogP contribution in [0.25, 0.3) is 0 Å². The molecule has 0 aliphatic rings. The lowest BCUT2D eigenvalue weighted by Gasteiger charge is -1.98. The molecule has 1 aromatic rings. The lowest BCUT2D eigenvalue weighted by Crippen LogP contribution is -2.00. The van der Waals surface area contributed by atoms with E-state index in [0.717, 1.165) is 12.2 Å². The Bertz CT molecular complexity index is 162. The molecule has 0 radical (unpaired) electrons. The summed E-state index contributed by atoms with van der Waals surface area (Å²) in [6, 6.07) is 1.99. The summed E-state index contributed by atoms with van der Waals surface area (Å²) in [5.41, 5.74) is 1.10. The fourth-order valence-electron chi connectivity index (χ4n) is 0.665. The van der Waals surface area contributed by atoms with Crippen molar-refractivity contribution in [2.24, 2.45) is 0 Å². The van der Waals surface area contributed by atoms with Crippen molar-refractivity contribution in [2.75, 3.05) is 18.5 Å². The van der Waals surface area contributed by atoms with E-state index in [0.29, 0.717) is 6.42 Å². The van der Waals surface area contributed by atoms with Crippen molar-refractivity contribution < 1.29 is 4.39 Å². The van der Waals surface area contributed by atoms with Crippen molar-refractivity contribution in [3.8, 4) is 0 Å². The molecule has 1 heterocycles. The SMILES string of the molecule is FCCCNc1ccsc1. The van der Waals surface area contributed by atoms with Gasteiger partial charge in [0, 0.05) is 17.6 Å². The van der Waals surface area contributed by atoms with Crippen LogP contribution in [0, 0.1) is 0 Å². The highest BCUT2D eigenvalue weighted by Gasteiger charge is 1.88. The van der Waals surface area contributed by atoms with Gasteiger partial charge in [-0.05, 0) is 17.9 Å². The number of halogens is 1. The number of alkyl halides is 1. The number of hydrogen-bond donors (Lipinski definition) is 1. The highest BCUT2D eigenvalue weighted by atomic mass is 32.1. The van der Waals surface area contributed by atoms with Crippen LogP contribution in [0.4, 0.5) is 10.1 Å². The monoisotopic (exact) mass is 159 g/mol. The van der Waals surface area contributed by atoms with Crippen molar-refractivity contribution in [3.05, 3.63) is 16.8 Å². The van der Waals surface area contributed by atoms with Crippen molar-refractivity contribution in [2.45, 2.75) is 6.42 Å². The maximum absolute atomic E-state index is 11.6. The van der Waals surface area contributed by atoms with E-state index in [1.54, 1.807) is 11.3 Å². The minimum atomic E-state index is -0.239. The van der Waals surface area contributed by atoms with Gasteiger partial charge in [0.2, 0.25) is 0 Å². The van der Waals surface area contributed by atoms with Crippen LogP contribution in [0.3, 0.4) is 0 Å². The first-order valence-electron chi connectivity index (χ1n) is 3.25. The molecule has 3 heteroatoms. The number of nitrogens with one attached hydrogen (secondary N) is 1. The average Bonchev–Trinajstić information content (AvgIpc) is 2.41. The van der Waals surface area contributed by atoms with Crippen LogP contribution in [-0.2, 0) is 0 Å². The third kappa shape index (κ3) is 2.35. The van der Waals surface area contributed by atoms with Gasteiger partial charge in [-0.3, -0.25) is 4.39 Å². The molecule has 0 aromatic carbocycles. The lowest BCUT2D eigenvalue weighted by molar-refractivity contribution is 0.481. The van der Waals surface area contributed by atoms with Crippen LogP contribution in [0.15, 0.2) is 16.8 Å². The summed E-state index contributed by atoms with van der Waals surface area (Å²) in [6.07, 6.45) is 0.593. The first-order valence-corrected chi connectivity index (χ1v) is 4.20. The minimum Gasteiger partial charge on any atom is -0.384 e. The largest absolute Gasteiger partial charge is 0.384 e. The molecule has 10 heavy (non-hydrogen) atoms. The van der Waals surface area contributed by atoms with Crippen LogP contribution in [0.1, 0.15) is 6.42 Å². The quantitative estimate of drug-likeness (QED) is 0.666. The molecule has 0 fully saturated rings. The Morgan fingerprint density at radius 2 is 2.50 bits per heavy atom.